The molecule has 0 radical (unpaired) electrons. The summed E-state index contributed by atoms with van der Waals surface area (Å²) in [5, 5.41) is 6.58. The lowest BCUT2D eigenvalue weighted by atomic mass is 10.1. The third-order valence-electron chi connectivity index (χ3n) is 5.75. The molecule has 0 bridgehead atoms. The second-order valence-corrected chi connectivity index (χ2v) is 8.18. The first-order chi connectivity index (χ1) is 16.1. The Bertz CT molecular complexity index is 1240. The second-order valence-electron chi connectivity index (χ2n) is 8.18. The van der Waals surface area contributed by atoms with E-state index in [0.29, 0.717) is 29.9 Å². The van der Waals surface area contributed by atoms with E-state index in [4.69, 9.17) is 0 Å². The third-order valence-corrected chi connectivity index (χ3v) is 5.75. The van der Waals surface area contributed by atoms with Gasteiger partial charge in [0, 0.05) is 50.3 Å². The highest BCUT2D eigenvalue weighted by Crippen LogP contribution is 2.20. The number of hydrogen-bond donors (Lipinski definition) is 2. The molecule has 1 saturated heterocycles. The van der Waals surface area contributed by atoms with Gasteiger partial charge in [0.25, 0.3) is 0 Å². The topological polar surface area (TPSA) is 91.8 Å². The molecule has 4 aromatic rings. The zero-order valence-corrected chi connectivity index (χ0v) is 18.7. The third kappa shape index (κ3) is 4.96. The van der Waals surface area contributed by atoms with Crippen molar-refractivity contribution in [1.82, 2.24) is 30.2 Å². The maximum absolute atomic E-state index is 4.67. The van der Waals surface area contributed by atoms with Crippen molar-refractivity contribution in [1.29, 1.82) is 0 Å². The number of anilines is 3. The summed E-state index contributed by atoms with van der Waals surface area (Å²) in [5.74, 6) is 2.67. The van der Waals surface area contributed by atoms with Crippen LogP contribution in [0.4, 0.5) is 17.3 Å². The average Bonchev–Trinajstić information content (AvgIpc) is 2.79. The average molecular weight is 439 g/mol. The van der Waals surface area contributed by atoms with E-state index in [1.54, 1.807) is 12.4 Å². The molecule has 3 aromatic heterocycles. The Balaban J connectivity index is 1.27. The van der Waals surface area contributed by atoms with Crippen LogP contribution < -0.4 is 15.5 Å². The van der Waals surface area contributed by atoms with Crippen molar-refractivity contribution in [3.63, 3.8) is 0 Å². The van der Waals surface area contributed by atoms with Crippen LogP contribution in [0.15, 0.2) is 67.0 Å². The normalized spacial score (nSPS) is 13.4. The summed E-state index contributed by atoms with van der Waals surface area (Å²) in [5.41, 5.74) is 4.06. The Morgan fingerprint density at radius 3 is 2.39 bits per heavy atom. The molecular weight excluding hydrogens is 412 g/mol. The van der Waals surface area contributed by atoms with Gasteiger partial charge in [0.2, 0.25) is 0 Å². The molecule has 0 saturated carbocycles. The van der Waals surface area contributed by atoms with E-state index in [1.165, 1.54) is 11.3 Å². The van der Waals surface area contributed by atoms with Gasteiger partial charge in [-0.1, -0.05) is 18.2 Å². The molecule has 4 heterocycles. The summed E-state index contributed by atoms with van der Waals surface area (Å²) in [6.45, 7) is 4.04. The summed E-state index contributed by atoms with van der Waals surface area (Å²) in [4.78, 5) is 24.9. The fourth-order valence-corrected chi connectivity index (χ4v) is 3.69. The molecule has 166 valence electrons. The molecule has 0 unspecified atom stereocenters. The van der Waals surface area contributed by atoms with Gasteiger partial charge in [-0.15, -0.1) is 0 Å². The van der Waals surface area contributed by atoms with E-state index in [1.807, 2.05) is 37.3 Å². The molecule has 1 aliphatic heterocycles. The first-order valence-corrected chi connectivity index (χ1v) is 11.0. The quantitative estimate of drug-likeness (QED) is 0.454. The van der Waals surface area contributed by atoms with Gasteiger partial charge in [0.15, 0.2) is 5.82 Å². The first-order valence-electron chi connectivity index (χ1n) is 11.0. The van der Waals surface area contributed by atoms with Crippen LogP contribution in [-0.2, 0) is 6.42 Å². The largest absolute Gasteiger partial charge is 0.369 e. The van der Waals surface area contributed by atoms with Crippen molar-refractivity contribution >= 4 is 17.3 Å². The van der Waals surface area contributed by atoms with Crippen LogP contribution >= 0.6 is 0 Å². The van der Waals surface area contributed by atoms with E-state index in [2.05, 4.69) is 71.8 Å². The Hall–Kier alpha value is -3.91. The number of nitrogens with one attached hydrogen (secondary N) is 2. The number of aromatic nitrogens is 5. The van der Waals surface area contributed by atoms with Crippen molar-refractivity contribution in [2.24, 2.45) is 0 Å². The lowest BCUT2D eigenvalue weighted by Gasteiger charge is -2.37. The first kappa shape index (κ1) is 21.0. The fourth-order valence-electron chi connectivity index (χ4n) is 3.69. The molecule has 0 spiro atoms. The van der Waals surface area contributed by atoms with E-state index in [0.717, 1.165) is 30.3 Å². The molecule has 1 aromatic carbocycles. The number of nitrogens with zero attached hydrogens (tertiary/aromatic N) is 6. The van der Waals surface area contributed by atoms with Gasteiger partial charge < -0.3 is 15.5 Å². The zero-order chi connectivity index (χ0) is 22.6. The molecule has 8 nitrogen and oxygen atoms in total. The maximum atomic E-state index is 4.67. The van der Waals surface area contributed by atoms with Crippen molar-refractivity contribution in [2.75, 3.05) is 30.4 Å². The minimum Gasteiger partial charge on any atom is -0.369 e. The molecule has 2 N–H and O–H groups in total. The molecule has 1 fully saturated rings. The minimum atomic E-state index is 0.570. The van der Waals surface area contributed by atoms with Crippen LogP contribution in [0.25, 0.3) is 11.5 Å². The standard InChI is InChI=1S/C25H26N8/c1-17-4-3-5-21(29-17)25-28-13-11-23(32-25)30-22-10-12-27-24(31-22)14-18-6-8-19(9-7-18)33(2)20-15-26-16-20/h3-13,20,26H,14-16H2,1-2H3,(H,27,28,30,31,32). The number of pyridine rings is 1. The van der Waals surface area contributed by atoms with Crippen LogP contribution in [0, 0.1) is 6.92 Å². The summed E-state index contributed by atoms with van der Waals surface area (Å²) in [6.07, 6.45) is 4.14. The fraction of sp³-hybridized carbons (Fsp3) is 0.240. The monoisotopic (exact) mass is 438 g/mol. The van der Waals surface area contributed by atoms with E-state index < -0.39 is 0 Å². The number of likely N-dealkylation sites (N-methyl/N-ethyl adjacent to an activating group) is 1. The molecule has 5 rings (SSSR count). The van der Waals surface area contributed by atoms with Crippen LogP contribution in [-0.4, -0.2) is 51.1 Å². The Labute approximate surface area is 193 Å². The van der Waals surface area contributed by atoms with Crippen molar-refractivity contribution in [3.8, 4) is 11.5 Å². The maximum Gasteiger partial charge on any atom is 0.180 e. The number of hydrogen-bond acceptors (Lipinski definition) is 8. The highest BCUT2D eigenvalue weighted by molar-refractivity contribution is 5.56. The number of benzene rings is 1. The second kappa shape index (κ2) is 9.30. The molecule has 1 aliphatic rings. The van der Waals surface area contributed by atoms with E-state index in [-0.39, 0.29) is 0 Å². The molecule has 8 heteroatoms. The van der Waals surface area contributed by atoms with Gasteiger partial charge in [-0.2, -0.15) is 0 Å². The van der Waals surface area contributed by atoms with E-state index >= 15 is 0 Å². The number of aryl methyl sites for hydroxylation is 1. The number of rotatable bonds is 7. The van der Waals surface area contributed by atoms with Crippen LogP contribution in [0.1, 0.15) is 17.1 Å². The van der Waals surface area contributed by atoms with Crippen LogP contribution in [0.2, 0.25) is 0 Å². The van der Waals surface area contributed by atoms with Gasteiger partial charge in [-0.3, -0.25) is 0 Å². The highest BCUT2D eigenvalue weighted by Gasteiger charge is 2.21. The van der Waals surface area contributed by atoms with Gasteiger partial charge in [-0.25, -0.2) is 24.9 Å². The van der Waals surface area contributed by atoms with Gasteiger partial charge in [-0.05, 0) is 48.9 Å². The summed E-state index contributed by atoms with van der Waals surface area (Å²) < 4.78 is 0. The Kier molecular flexibility index (Phi) is 5.91. The summed E-state index contributed by atoms with van der Waals surface area (Å²) >= 11 is 0. The van der Waals surface area contributed by atoms with Crippen molar-refractivity contribution in [2.45, 2.75) is 19.4 Å². The predicted octanol–water partition coefficient (Wildman–Crippen LogP) is 3.38. The van der Waals surface area contributed by atoms with Gasteiger partial charge in [0.1, 0.15) is 23.2 Å². The Morgan fingerprint density at radius 1 is 0.909 bits per heavy atom. The minimum absolute atomic E-state index is 0.570. The molecule has 0 atom stereocenters. The zero-order valence-electron chi connectivity index (χ0n) is 18.7. The lowest BCUT2D eigenvalue weighted by molar-refractivity contribution is 0.429. The molecule has 33 heavy (non-hydrogen) atoms. The molecule has 0 aliphatic carbocycles. The van der Waals surface area contributed by atoms with Crippen LogP contribution in [0.5, 0.6) is 0 Å². The molecule has 0 amide bonds. The highest BCUT2D eigenvalue weighted by atomic mass is 15.2. The SMILES string of the molecule is Cc1cccc(-c2nccc(Nc3ccnc(Cc4ccc(N(C)C5CNC5)cc4)n3)n2)n1. The predicted molar refractivity (Wildman–Crippen MR) is 130 cm³/mol. The molecular formula is C25H26N8. The Morgan fingerprint density at radius 2 is 1.67 bits per heavy atom. The lowest BCUT2D eigenvalue weighted by Crippen LogP contribution is -2.56. The van der Waals surface area contributed by atoms with Crippen molar-refractivity contribution < 1.29 is 0 Å². The van der Waals surface area contributed by atoms with Gasteiger partial charge in [0.05, 0.1) is 6.04 Å². The van der Waals surface area contributed by atoms with Gasteiger partial charge >= 0.3 is 0 Å². The van der Waals surface area contributed by atoms with Crippen molar-refractivity contribution in [3.05, 3.63) is 84.1 Å². The smallest absolute Gasteiger partial charge is 0.180 e. The van der Waals surface area contributed by atoms with E-state index in [9.17, 15) is 0 Å². The van der Waals surface area contributed by atoms with Crippen LogP contribution in [0.3, 0.4) is 0 Å². The summed E-state index contributed by atoms with van der Waals surface area (Å²) in [7, 11) is 2.15. The summed E-state index contributed by atoms with van der Waals surface area (Å²) in [6, 6.07) is 18.6.